The average Bonchev–Trinajstić information content (AvgIpc) is 2.99. The molecule has 2 aliphatic rings. The molecule has 0 bridgehead atoms. The van der Waals surface area contributed by atoms with Crippen LogP contribution in [0.2, 0.25) is 0 Å². The molecule has 114 valence electrons. The van der Waals surface area contributed by atoms with Crippen LogP contribution in [-0.4, -0.2) is 23.7 Å². The van der Waals surface area contributed by atoms with Crippen molar-refractivity contribution >= 4 is 11.4 Å². The minimum atomic E-state index is -0.364. The molecule has 2 unspecified atom stereocenters. The lowest BCUT2D eigenvalue weighted by Crippen LogP contribution is -2.60. The fourth-order valence-electron chi connectivity index (χ4n) is 3.97. The number of nitro benzene ring substituents is 1. The van der Waals surface area contributed by atoms with Gasteiger partial charge in [-0.1, -0.05) is 12.8 Å². The second kappa shape index (κ2) is 5.64. The van der Waals surface area contributed by atoms with Crippen molar-refractivity contribution < 1.29 is 9.66 Å². The predicted molar refractivity (Wildman–Crippen MR) is 81.4 cm³/mol. The van der Waals surface area contributed by atoms with Crippen molar-refractivity contribution in [3.05, 3.63) is 34.4 Å². The highest BCUT2D eigenvalue weighted by atomic mass is 16.6. The summed E-state index contributed by atoms with van der Waals surface area (Å²) in [6.07, 6.45) is 6.42. The van der Waals surface area contributed by atoms with E-state index in [1.807, 2.05) is 0 Å². The van der Waals surface area contributed by atoms with Gasteiger partial charge in [0.25, 0.3) is 5.69 Å². The summed E-state index contributed by atoms with van der Waals surface area (Å²) in [4.78, 5) is 10.3. The fourth-order valence-corrected chi connectivity index (χ4v) is 3.97. The third-order valence-corrected chi connectivity index (χ3v) is 5.11. The Hall–Kier alpha value is -1.62. The van der Waals surface area contributed by atoms with Gasteiger partial charge in [0.1, 0.15) is 0 Å². The number of benzene rings is 1. The van der Waals surface area contributed by atoms with Crippen LogP contribution in [0.1, 0.15) is 39.0 Å². The Morgan fingerprint density at radius 2 is 2.00 bits per heavy atom. The molecule has 2 saturated carbocycles. The molecule has 0 amide bonds. The van der Waals surface area contributed by atoms with E-state index in [9.17, 15) is 10.1 Å². The summed E-state index contributed by atoms with van der Waals surface area (Å²) in [5.74, 6) is 0. The summed E-state index contributed by atoms with van der Waals surface area (Å²) < 4.78 is 5.90. The second-order valence-corrected chi connectivity index (χ2v) is 6.12. The summed E-state index contributed by atoms with van der Waals surface area (Å²) in [6.45, 7) is 2.83. The lowest BCUT2D eigenvalue weighted by Gasteiger charge is -2.54. The van der Waals surface area contributed by atoms with Crippen molar-refractivity contribution in [3.8, 4) is 0 Å². The number of nitrogens with zero attached hydrogens (tertiary/aromatic N) is 1. The van der Waals surface area contributed by atoms with Gasteiger partial charge in [0.05, 0.1) is 11.0 Å². The topological polar surface area (TPSA) is 64.4 Å². The van der Waals surface area contributed by atoms with Gasteiger partial charge < -0.3 is 10.1 Å². The molecule has 1 N–H and O–H groups in total. The second-order valence-electron chi connectivity index (χ2n) is 6.12. The van der Waals surface area contributed by atoms with Crippen molar-refractivity contribution in [2.75, 3.05) is 11.9 Å². The van der Waals surface area contributed by atoms with Gasteiger partial charge in [-0.3, -0.25) is 10.1 Å². The number of rotatable bonds is 5. The largest absolute Gasteiger partial charge is 0.382 e. The van der Waals surface area contributed by atoms with E-state index in [4.69, 9.17) is 4.74 Å². The normalized spacial score (nSPS) is 26.5. The van der Waals surface area contributed by atoms with Crippen molar-refractivity contribution in [2.45, 2.75) is 51.2 Å². The van der Waals surface area contributed by atoms with Crippen molar-refractivity contribution in [3.63, 3.8) is 0 Å². The first-order valence-corrected chi connectivity index (χ1v) is 7.78. The number of non-ortho nitro benzene ring substituents is 1. The molecule has 1 aromatic rings. The third kappa shape index (κ3) is 2.50. The molecule has 1 spiro atoms. The number of hydrogen-bond donors (Lipinski definition) is 1. The Labute approximate surface area is 124 Å². The first kappa shape index (κ1) is 14.3. The molecule has 0 aliphatic heterocycles. The van der Waals surface area contributed by atoms with Crippen molar-refractivity contribution in [1.29, 1.82) is 0 Å². The molecule has 2 atom stereocenters. The highest BCUT2D eigenvalue weighted by Crippen LogP contribution is 2.55. The Morgan fingerprint density at radius 1 is 1.33 bits per heavy atom. The van der Waals surface area contributed by atoms with E-state index in [1.54, 1.807) is 24.3 Å². The first-order chi connectivity index (χ1) is 10.2. The molecule has 5 nitrogen and oxygen atoms in total. The highest BCUT2D eigenvalue weighted by Gasteiger charge is 2.56. The highest BCUT2D eigenvalue weighted by molar-refractivity contribution is 5.50. The van der Waals surface area contributed by atoms with Crippen LogP contribution in [0, 0.1) is 15.5 Å². The van der Waals surface area contributed by atoms with Gasteiger partial charge in [-0.15, -0.1) is 0 Å². The van der Waals surface area contributed by atoms with E-state index >= 15 is 0 Å². The van der Waals surface area contributed by atoms with E-state index in [-0.39, 0.29) is 16.0 Å². The van der Waals surface area contributed by atoms with E-state index in [0.717, 1.165) is 18.7 Å². The van der Waals surface area contributed by atoms with Gasteiger partial charge in [-0.25, -0.2) is 0 Å². The summed E-state index contributed by atoms with van der Waals surface area (Å²) in [7, 11) is 0. The lowest BCUT2D eigenvalue weighted by atomic mass is 9.60. The standard InChI is InChI=1S/C16H22N2O3/c1-2-21-15-11-14(16(15)9-3-4-10-16)17-12-5-7-13(8-6-12)18(19)20/h5-8,14-15,17H,2-4,9-11H2,1H3. The van der Waals surface area contributed by atoms with Crippen LogP contribution in [0.25, 0.3) is 0 Å². The Bertz CT molecular complexity index is 509. The molecular formula is C16H22N2O3. The minimum absolute atomic E-state index is 0.136. The Morgan fingerprint density at radius 3 is 2.57 bits per heavy atom. The fraction of sp³-hybridized carbons (Fsp3) is 0.625. The van der Waals surface area contributed by atoms with Crippen LogP contribution in [-0.2, 0) is 4.74 Å². The maximum absolute atomic E-state index is 10.7. The number of nitrogens with one attached hydrogen (secondary N) is 1. The van der Waals surface area contributed by atoms with E-state index < -0.39 is 0 Å². The van der Waals surface area contributed by atoms with Crippen LogP contribution < -0.4 is 5.32 Å². The number of ether oxygens (including phenoxy) is 1. The maximum Gasteiger partial charge on any atom is 0.269 e. The van der Waals surface area contributed by atoms with Crippen molar-refractivity contribution in [2.24, 2.45) is 5.41 Å². The predicted octanol–water partition coefficient (Wildman–Crippen LogP) is 3.74. The summed E-state index contributed by atoms with van der Waals surface area (Å²) in [5, 5.41) is 14.3. The van der Waals surface area contributed by atoms with E-state index in [0.29, 0.717) is 12.1 Å². The number of nitro groups is 1. The molecule has 0 saturated heterocycles. The summed E-state index contributed by atoms with van der Waals surface area (Å²) >= 11 is 0. The molecule has 3 rings (SSSR count). The Kier molecular flexibility index (Phi) is 3.85. The molecule has 5 heteroatoms. The SMILES string of the molecule is CCOC1CC(Nc2ccc([N+](=O)[O-])cc2)C12CCCC2. The third-order valence-electron chi connectivity index (χ3n) is 5.11. The molecular weight excluding hydrogens is 268 g/mol. The van der Waals surface area contributed by atoms with Crippen LogP contribution in [0.4, 0.5) is 11.4 Å². The smallest absolute Gasteiger partial charge is 0.269 e. The van der Waals surface area contributed by atoms with Crippen LogP contribution in [0.3, 0.4) is 0 Å². The van der Waals surface area contributed by atoms with Gasteiger partial charge in [0.2, 0.25) is 0 Å². The van der Waals surface area contributed by atoms with Crippen molar-refractivity contribution in [1.82, 2.24) is 0 Å². The molecule has 0 heterocycles. The van der Waals surface area contributed by atoms with Gasteiger partial charge in [0.15, 0.2) is 0 Å². The molecule has 2 aliphatic carbocycles. The van der Waals surface area contributed by atoms with Gasteiger partial charge in [0, 0.05) is 35.9 Å². The number of anilines is 1. The van der Waals surface area contributed by atoms with E-state index in [2.05, 4.69) is 12.2 Å². The zero-order valence-corrected chi connectivity index (χ0v) is 12.4. The Balaban J connectivity index is 1.69. The summed E-state index contributed by atoms with van der Waals surface area (Å²) in [6, 6.07) is 7.15. The monoisotopic (exact) mass is 290 g/mol. The molecule has 0 aromatic heterocycles. The quantitative estimate of drug-likeness (QED) is 0.662. The molecule has 2 fully saturated rings. The van der Waals surface area contributed by atoms with Crippen LogP contribution >= 0.6 is 0 Å². The van der Waals surface area contributed by atoms with Crippen LogP contribution in [0.15, 0.2) is 24.3 Å². The minimum Gasteiger partial charge on any atom is -0.382 e. The number of hydrogen-bond acceptors (Lipinski definition) is 4. The molecule has 21 heavy (non-hydrogen) atoms. The molecule has 0 radical (unpaired) electrons. The van der Waals surface area contributed by atoms with Gasteiger partial charge >= 0.3 is 0 Å². The first-order valence-electron chi connectivity index (χ1n) is 7.78. The van der Waals surface area contributed by atoms with E-state index in [1.165, 1.54) is 25.7 Å². The zero-order valence-electron chi connectivity index (χ0n) is 12.4. The van der Waals surface area contributed by atoms with Gasteiger partial charge in [-0.05, 0) is 38.3 Å². The van der Waals surface area contributed by atoms with Gasteiger partial charge in [-0.2, -0.15) is 0 Å². The summed E-state index contributed by atoms with van der Waals surface area (Å²) in [5.41, 5.74) is 1.38. The average molecular weight is 290 g/mol. The maximum atomic E-state index is 10.7. The molecule has 1 aromatic carbocycles. The lowest BCUT2D eigenvalue weighted by molar-refractivity contribution is -0.384. The zero-order chi connectivity index (χ0) is 14.9. The van der Waals surface area contributed by atoms with Crippen LogP contribution in [0.5, 0.6) is 0 Å².